The summed E-state index contributed by atoms with van der Waals surface area (Å²) in [5.74, 6) is 0. The van der Waals surface area contributed by atoms with Gasteiger partial charge in [-0.3, -0.25) is 5.10 Å². The molecule has 0 saturated carbocycles. The van der Waals surface area contributed by atoms with Crippen molar-refractivity contribution in [1.29, 1.82) is 0 Å². The summed E-state index contributed by atoms with van der Waals surface area (Å²) >= 11 is 1.71. The first-order chi connectivity index (χ1) is 6.75. The monoisotopic (exact) mass is 208 g/mol. The minimum Gasteiger partial charge on any atom is -0.304 e. The molecule has 2 heterocycles. The SMILES string of the molecule is CN(C)Cc1cnc(-c2cn[nH]c2)s1. The molecule has 0 radical (unpaired) electrons. The van der Waals surface area contributed by atoms with E-state index in [0.717, 1.165) is 17.1 Å². The van der Waals surface area contributed by atoms with Crippen LogP contribution in [0.25, 0.3) is 10.6 Å². The Morgan fingerprint density at radius 1 is 1.43 bits per heavy atom. The molecule has 14 heavy (non-hydrogen) atoms. The molecule has 4 nitrogen and oxygen atoms in total. The summed E-state index contributed by atoms with van der Waals surface area (Å²) in [4.78, 5) is 7.74. The predicted octanol–water partition coefficient (Wildman–Crippen LogP) is 1.59. The van der Waals surface area contributed by atoms with Crippen molar-refractivity contribution in [2.45, 2.75) is 6.54 Å². The average molecular weight is 208 g/mol. The first kappa shape index (κ1) is 9.36. The highest BCUT2D eigenvalue weighted by molar-refractivity contribution is 7.15. The lowest BCUT2D eigenvalue weighted by Crippen LogP contribution is -2.09. The van der Waals surface area contributed by atoms with Gasteiger partial charge in [0, 0.05) is 29.4 Å². The molecule has 0 bridgehead atoms. The summed E-state index contributed by atoms with van der Waals surface area (Å²) in [5, 5.41) is 7.71. The molecule has 0 unspecified atom stereocenters. The molecule has 0 saturated heterocycles. The summed E-state index contributed by atoms with van der Waals surface area (Å²) in [6.45, 7) is 0.940. The van der Waals surface area contributed by atoms with Gasteiger partial charge >= 0.3 is 0 Å². The Morgan fingerprint density at radius 2 is 2.29 bits per heavy atom. The molecule has 0 aromatic carbocycles. The van der Waals surface area contributed by atoms with Crippen molar-refractivity contribution in [2.75, 3.05) is 14.1 Å². The number of aromatic nitrogens is 3. The smallest absolute Gasteiger partial charge is 0.126 e. The number of aromatic amines is 1. The molecule has 2 aromatic rings. The molecular weight excluding hydrogens is 196 g/mol. The van der Waals surface area contributed by atoms with Crippen LogP contribution in [0.4, 0.5) is 0 Å². The standard InChI is InChI=1S/C9H12N4S/c1-13(2)6-8-5-10-9(14-8)7-3-11-12-4-7/h3-5H,6H2,1-2H3,(H,11,12). The van der Waals surface area contributed by atoms with Crippen molar-refractivity contribution < 1.29 is 0 Å². The normalized spacial score (nSPS) is 11.1. The van der Waals surface area contributed by atoms with Crippen LogP contribution in [0.3, 0.4) is 0 Å². The van der Waals surface area contributed by atoms with Crippen LogP contribution in [0, 0.1) is 0 Å². The highest BCUT2D eigenvalue weighted by Gasteiger charge is 2.05. The summed E-state index contributed by atoms with van der Waals surface area (Å²) in [6, 6.07) is 0. The lowest BCUT2D eigenvalue weighted by atomic mass is 10.4. The molecule has 0 fully saturated rings. The Balaban J connectivity index is 2.18. The molecule has 0 aliphatic carbocycles. The van der Waals surface area contributed by atoms with E-state index in [1.165, 1.54) is 4.88 Å². The van der Waals surface area contributed by atoms with Gasteiger partial charge in [0.2, 0.25) is 0 Å². The molecular formula is C9H12N4S. The highest BCUT2D eigenvalue weighted by atomic mass is 32.1. The Hall–Kier alpha value is -1.20. The quantitative estimate of drug-likeness (QED) is 0.833. The second-order valence-corrected chi connectivity index (χ2v) is 4.47. The van der Waals surface area contributed by atoms with Crippen molar-refractivity contribution in [1.82, 2.24) is 20.1 Å². The van der Waals surface area contributed by atoms with E-state index in [4.69, 9.17) is 0 Å². The van der Waals surface area contributed by atoms with Gasteiger partial charge in [-0.1, -0.05) is 0 Å². The summed E-state index contributed by atoms with van der Waals surface area (Å²) in [7, 11) is 4.11. The fourth-order valence-corrected chi connectivity index (χ4v) is 2.20. The summed E-state index contributed by atoms with van der Waals surface area (Å²) in [5.41, 5.74) is 1.06. The maximum atomic E-state index is 4.34. The van der Waals surface area contributed by atoms with Crippen molar-refractivity contribution in [3.05, 3.63) is 23.5 Å². The zero-order valence-corrected chi connectivity index (χ0v) is 9.01. The molecule has 2 aromatic heterocycles. The van der Waals surface area contributed by atoms with E-state index >= 15 is 0 Å². The lowest BCUT2D eigenvalue weighted by molar-refractivity contribution is 0.406. The van der Waals surface area contributed by atoms with Crippen molar-refractivity contribution in [2.24, 2.45) is 0 Å². The van der Waals surface area contributed by atoms with Crippen molar-refractivity contribution in [3.63, 3.8) is 0 Å². The molecule has 1 N–H and O–H groups in total. The van der Waals surface area contributed by atoms with E-state index in [1.807, 2.05) is 12.4 Å². The maximum Gasteiger partial charge on any atom is 0.126 e. The van der Waals surface area contributed by atoms with Crippen LogP contribution in [0.2, 0.25) is 0 Å². The summed E-state index contributed by atoms with van der Waals surface area (Å²) < 4.78 is 0. The number of nitrogens with zero attached hydrogens (tertiary/aromatic N) is 3. The van der Waals surface area contributed by atoms with Crippen molar-refractivity contribution in [3.8, 4) is 10.6 Å². The minimum absolute atomic E-state index is 0.940. The Morgan fingerprint density at radius 3 is 2.93 bits per heavy atom. The largest absolute Gasteiger partial charge is 0.304 e. The van der Waals surface area contributed by atoms with Gasteiger partial charge in [-0.05, 0) is 14.1 Å². The van der Waals surface area contributed by atoms with Crippen LogP contribution in [0.1, 0.15) is 4.88 Å². The van der Waals surface area contributed by atoms with E-state index in [9.17, 15) is 0 Å². The fourth-order valence-electron chi connectivity index (χ4n) is 1.19. The number of hydrogen-bond acceptors (Lipinski definition) is 4. The van der Waals surface area contributed by atoms with Gasteiger partial charge in [-0.2, -0.15) is 5.10 Å². The van der Waals surface area contributed by atoms with E-state index in [-0.39, 0.29) is 0 Å². The van der Waals surface area contributed by atoms with Gasteiger partial charge in [0.05, 0.1) is 6.20 Å². The van der Waals surface area contributed by atoms with Crippen molar-refractivity contribution >= 4 is 11.3 Å². The Labute approximate surface area is 86.6 Å². The van der Waals surface area contributed by atoms with Gasteiger partial charge in [0.15, 0.2) is 0 Å². The zero-order chi connectivity index (χ0) is 9.97. The summed E-state index contributed by atoms with van der Waals surface area (Å²) in [6.07, 6.45) is 5.57. The first-order valence-electron chi connectivity index (χ1n) is 4.34. The van der Waals surface area contributed by atoms with Crippen LogP contribution < -0.4 is 0 Å². The van der Waals surface area contributed by atoms with Gasteiger partial charge in [0.1, 0.15) is 5.01 Å². The van der Waals surface area contributed by atoms with Crippen LogP contribution in [-0.4, -0.2) is 34.2 Å². The topological polar surface area (TPSA) is 44.8 Å². The van der Waals surface area contributed by atoms with Gasteiger partial charge < -0.3 is 4.90 Å². The van der Waals surface area contributed by atoms with Crippen LogP contribution >= 0.6 is 11.3 Å². The highest BCUT2D eigenvalue weighted by Crippen LogP contribution is 2.24. The predicted molar refractivity (Wildman–Crippen MR) is 57.1 cm³/mol. The van der Waals surface area contributed by atoms with Crippen LogP contribution in [0.5, 0.6) is 0 Å². The Kier molecular flexibility index (Phi) is 2.60. The van der Waals surface area contributed by atoms with E-state index in [0.29, 0.717) is 0 Å². The van der Waals surface area contributed by atoms with Gasteiger partial charge in [0.25, 0.3) is 0 Å². The molecule has 74 valence electrons. The Bertz CT molecular complexity index is 391. The maximum absolute atomic E-state index is 4.34. The number of rotatable bonds is 3. The molecule has 0 aliphatic heterocycles. The second kappa shape index (κ2) is 3.89. The number of nitrogens with one attached hydrogen (secondary N) is 1. The van der Waals surface area contributed by atoms with Gasteiger partial charge in [-0.25, -0.2) is 4.98 Å². The third-order valence-electron chi connectivity index (χ3n) is 1.77. The molecule has 2 rings (SSSR count). The molecule has 0 spiro atoms. The number of H-pyrrole nitrogens is 1. The molecule has 0 amide bonds. The van der Waals surface area contributed by atoms with E-state index in [2.05, 4.69) is 34.2 Å². The number of hydrogen-bond donors (Lipinski definition) is 1. The van der Waals surface area contributed by atoms with Crippen LogP contribution in [0.15, 0.2) is 18.6 Å². The molecule has 0 aliphatic rings. The number of thiazole rings is 1. The minimum atomic E-state index is 0.940. The average Bonchev–Trinajstić information content (AvgIpc) is 2.69. The lowest BCUT2D eigenvalue weighted by Gasteiger charge is -2.05. The molecule has 5 heteroatoms. The zero-order valence-electron chi connectivity index (χ0n) is 8.19. The fraction of sp³-hybridized carbons (Fsp3) is 0.333. The van der Waals surface area contributed by atoms with Gasteiger partial charge in [-0.15, -0.1) is 11.3 Å². The van der Waals surface area contributed by atoms with E-state index in [1.54, 1.807) is 17.5 Å². The molecule has 0 atom stereocenters. The van der Waals surface area contributed by atoms with E-state index < -0.39 is 0 Å². The third kappa shape index (κ3) is 2.00. The first-order valence-corrected chi connectivity index (χ1v) is 5.16. The third-order valence-corrected chi connectivity index (χ3v) is 2.80. The van der Waals surface area contributed by atoms with Crippen LogP contribution in [-0.2, 0) is 6.54 Å². The second-order valence-electron chi connectivity index (χ2n) is 3.36.